The Labute approximate surface area is 143 Å². The van der Waals surface area contributed by atoms with Crippen molar-refractivity contribution < 1.29 is 10.2 Å². The molecule has 1 aliphatic rings. The summed E-state index contributed by atoms with van der Waals surface area (Å²) in [5, 5.41) is 28.1. The highest BCUT2D eigenvalue weighted by Crippen LogP contribution is 2.34. The highest BCUT2D eigenvalue weighted by molar-refractivity contribution is 5.35. The molecular formula is C19H27N3O2. The number of nitrogens with one attached hydrogen (secondary N) is 1. The van der Waals surface area contributed by atoms with E-state index in [2.05, 4.69) is 16.5 Å². The molecule has 5 heteroatoms. The molecule has 0 aliphatic heterocycles. The Balaban J connectivity index is 1.69. The lowest BCUT2D eigenvalue weighted by Crippen LogP contribution is -2.40. The van der Waals surface area contributed by atoms with Crippen molar-refractivity contribution in [2.24, 2.45) is 0 Å². The van der Waals surface area contributed by atoms with Crippen LogP contribution < -0.4 is 5.32 Å². The standard InChI is InChI=1S/C19H27N3O2/c1-14-17(15(2)22(21-14)10-11-23)12-20-13-19(24)9-5-7-16-6-3-4-8-18(16)19/h3-4,6,8,20,23-24H,5,7,9-13H2,1-2H3. The molecule has 3 rings (SSSR count). The number of aryl methyl sites for hydroxylation is 2. The number of aliphatic hydroxyl groups is 2. The van der Waals surface area contributed by atoms with E-state index in [9.17, 15) is 5.11 Å². The topological polar surface area (TPSA) is 70.3 Å². The van der Waals surface area contributed by atoms with Gasteiger partial charge in [0.1, 0.15) is 5.60 Å². The third kappa shape index (κ3) is 3.24. The van der Waals surface area contributed by atoms with Crippen molar-refractivity contribution in [3.63, 3.8) is 0 Å². The van der Waals surface area contributed by atoms with Crippen LogP contribution in [-0.4, -0.2) is 33.1 Å². The van der Waals surface area contributed by atoms with E-state index in [1.165, 1.54) is 5.56 Å². The summed E-state index contributed by atoms with van der Waals surface area (Å²) in [6.45, 7) is 5.83. The average molecular weight is 329 g/mol. The summed E-state index contributed by atoms with van der Waals surface area (Å²) in [5.74, 6) is 0. The van der Waals surface area contributed by atoms with Crippen LogP contribution in [0.15, 0.2) is 24.3 Å². The Morgan fingerprint density at radius 2 is 2.08 bits per heavy atom. The second-order valence-corrected chi connectivity index (χ2v) is 6.74. The predicted molar refractivity (Wildman–Crippen MR) is 93.8 cm³/mol. The molecule has 0 saturated heterocycles. The fraction of sp³-hybridized carbons (Fsp3) is 0.526. The van der Waals surface area contributed by atoms with Crippen LogP contribution in [0.4, 0.5) is 0 Å². The van der Waals surface area contributed by atoms with Crippen LogP contribution in [-0.2, 0) is 25.1 Å². The zero-order valence-electron chi connectivity index (χ0n) is 14.5. The van der Waals surface area contributed by atoms with Gasteiger partial charge in [0.15, 0.2) is 0 Å². The molecule has 0 spiro atoms. The zero-order chi connectivity index (χ0) is 17.2. The number of rotatable bonds is 6. The quantitative estimate of drug-likeness (QED) is 0.756. The highest BCUT2D eigenvalue weighted by Gasteiger charge is 2.33. The van der Waals surface area contributed by atoms with Gasteiger partial charge in [-0.15, -0.1) is 0 Å². The number of hydrogen-bond donors (Lipinski definition) is 3. The molecule has 0 fully saturated rings. The van der Waals surface area contributed by atoms with E-state index in [0.29, 0.717) is 19.6 Å². The van der Waals surface area contributed by atoms with Gasteiger partial charge in [-0.05, 0) is 44.2 Å². The lowest BCUT2D eigenvalue weighted by Gasteiger charge is -2.34. The summed E-state index contributed by atoms with van der Waals surface area (Å²) in [6, 6.07) is 8.21. The van der Waals surface area contributed by atoms with Crippen molar-refractivity contribution in [2.75, 3.05) is 13.2 Å². The van der Waals surface area contributed by atoms with Gasteiger partial charge < -0.3 is 15.5 Å². The van der Waals surface area contributed by atoms with E-state index in [4.69, 9.17) is 5.11 Å². The second kappa shape index (κ2) is 7.05. The minimum atomic E-state index is -0.794. The average Bonchev–Trinajstić information content (AvgIpc) is 2.83. The first-order chi connectivity index (χ1) is 11.5. The third-order valence-electron chi connectivity index (χ3n) is 5.12. The highest BCUT2D eigenvalue weighted by atomic mass is 16.3. The molecule has 1 unspecified atom stereocenters. The van der Waals surface area contributed by atoms with Crippen LogP contribution in [0.2, 0.25) is 0 Å². The van der Waals surface area contributed by atoms with E-state index in [-0.39, 0.29) is 6.61 Å². The normalized spacial score (nSPS) is 20.2. The van der Waals surface area contributed by atoms with E-state index < -0.39 is 5.60 Å². The van der Waals surface area contributed by atoms with Gasteiger partial charge in [-0.25, -0.2) is 0 Å². The molecule has 5 nitrogen and oxygen atoms in total. The maximum absolute atomic E-state index is 11.1. The molecule has 130 valence electrons. The first-order valence-electron chi connectivity index (χ1n) is 8.70. The van der Waals surface area contributed by atoms with Crippen LogP contribution in [0.25, 0.3) is 0 Å². The zero-order valence-corrected chi connectivity index (χ0v) is 14.5. The number of benzene rings is 1. The summed E-state index contributed by atoms with van der Waals surface area (Å²) >= 11 is 0. The molecule has 0 radical (unpaired) electrons. The fourth-order valence-corrected chi connectivity index (χ4v) is 3.78. The van der Waals surface area contributed by atoms with Crippen molar-refractivity contribution >= 4 is 0 Å². The Bertz CT molecular complexity index is 711. The molecule has 0 amide bonds. The van der Waals surface area contributed by atoms with E-state index in [1.54, 1.807) is 0 Å². The van der Waals surface area contributed by atoms with Gasteiger partial charge in [0.25, 0.3) is 0 Å². The molecule has 1 aromatic heterocycles. The number of aliphatic hydroxyl groups excluding tert-OH is 1. The molecule has 1 aliphatic carbocycles. The molecule has 1 heterocycles. The second-order valence-electron chi connectivity index (χ2n) is 6.74. The minimum absolute atomic E-state index is 0.0887. The van der Waals surface area contributed by atoms with Crippen molar-refractivity contribution in [3.8, 4) is 0 Å². The van der Waals surface area contributed by atoms with Gasteiger partial charge in [0, 0.05) is 24.3 Å². The van der Waals surface area contributed by atoms with Gasteiger partial charge in [0.05, 0.1) is 18.8 Å². The van der Waals surface area contributed by atoms with Gasteiger partial charge in [-0.2, -0.15) is 5.10 Å². The van der Waals surface area contributed by atoms with E-state index >= 15 is 0 Å². The number of aromatic nitrogens is 2. The number of hydrogen-bond acceptors (Lipinski definition) is 4. The molecule has 0 saturated carbocycles. The number of nitrogens with zero attached hydrogens (tertiary/aromatic N) is 2. The monoisotopic (exact) mass is 329 g/mol. The lowest BCUT2D eigenvalue weighted by atomic mass is 9.79. The van der Waals surface area contributed by atoms with Crippen LogP contribution >= 0.6 is 0 Å². The Morgan fingerprint density at radius 3 is 2.88 bits per heavy atom. The molecule has 1 aromatic carbocycles. The maximum atomic E-state index is 11.1. The largest absolute Gasteiger partial charge is 0.394 e. The molecule has 0 bridgehead atoms. The first kappa shape index (κ1) is 17.1. The number of fused-ring (bicyclic) bond motifs is 1. The summed E-state index contributed by atoms with van der Waals surface area (Å²) in [5.41, 5.74) is 4.73. The molecule has 1 atom stereocenters. The molecule has 3 N–H and O–H groups in total. The van der Waals surface area contributed by atoms with Gasteiger partial charge in [0.2, 0.25) is 0 Å². The molecular weight excluding hydrogens is 302 g/mol. The SMILES string of the molecule is Cc1nn(CCO)c(C)c1CNCC1(O)CCCc2ccccc21. The van der Waals surface area contributed by atoms with E-state index in [0.717, 1.165) is 41.8 Å². The maximum Gasteiger partial charge on any atom is 0.102 e. The smallest absolute Gasteiger partial charge is 0.102 e. The fourth-order valence-electron chi connectivity index (χ4n) is 3.78. The predicted octanol–water partition coefficient (Wildman–Crippen LogP) is 1.81. The van der Waals surface area contributed by atoms with Gasteiger partial charge in [-0.3, -0.25) is 4.68 Å². The summed E-state index contributed by atoms with van der Waals surface area (Å²) in [6.07, 6.45) is 2.85. The van der Waals surface area contributed by atoms with Crippen LogP contribution in [0.5, 0.6) is 0 Å². The Kier molecular flexibility index (Phi) is 5.04. The van der Waals surface area contributed by atoms with Crippen molar-refractivity contribution in [3.05, 3.63) is 52.3 Å². The minimum Gasteiger partial charge on any atom is -0.394 e. The molecule has 2 aromatic rings. The van der Waals surface area contributed by atoms with Gasteiger partial charge >= 0.3 is 0 Å². The molecule has 24 heavy (non-hydrogen) atoms. The summed E-state index contributed by atoms with van der Waals surface area (Å²) < 4.78 is 1.84. The van der Waals surface area contributed by atoms with Crippen LogP contribution in [0.3, 0.4) is 0 Å². The van der Waals surface area contributed by atoms with Crippen LogP contribution in [0.1, 0.15) is 40.9 Å². The van der Waals surface area contributed by atoms with Crippen LogP contribution in [0, 0.1) is 13.8 Å². The lowest BCUT2D eigenvalue weighted by molar-refractivity contribution is 0.0189. The van der Waals surface area contributed by atoms with Crippen molar-refractivity contribution in [2.45, 2.75) is 51.8 Å². The Morgan fingerprint density at radius 1 is 1.29 bits per heavy atom. The van der Waals surface area contributed by atoms with Crippen molar-refractivity contribution in [1.82, 2.24) is 15.1 Å². The summed E-state index contributed by atoms with van der Waals surface area (Å²) in [7, 11) is 0. The summed E-state index contributed by atoms with van der Waals surface area (Å²) in [4.78, 5) is 0. The first-order valence-corrected chi connectivity index (χ1v) is 8.70. The Hall–Kier alpha value is -1.69. The van der Waals surface area contributed by atoms with Gasteiger partial charge in [-0.1, -0.05) is 24.3 Å². The van der Waals surface area contributed by atoms with E-state index in [1.807, 2.05) is 36.7 Å². The van der Waals surface area contributed by atoms with Crippen molar-refractivity contribution in [1.29, 1.82) is 0 Å². The third-order valence-corrected chi connectivity index (χ3v) is 5.12.